The lowest BCUT2D eigenvalue weighted by atomic mass is 10.1. The van der Waals surface area contributed by atoms with Crippen molar-refractivity contribution in [1.82, 2.24) is 10.6 Å². The topological polar surface area (TPSA) is 93.5 Å². The van der Waals surface area contributed by atoms with Crippen LogP contribution in [0.4, 0.5) is 4.79 Å². The smallest absolute Gasteiger partial charge is 0.318 e. The number of carbonyl (C=O) groups is 2. The van der Waals surface area contributed by atoms with Crippen molar-refractivity contribution in [2.75, 3.05) is 19.7 Å². The van der Waals surface area contributed by atoms with Crippen LogP contribution in [0.2, 0.25) is 0 Å². The van der Waals surface area contributed by atoms with E-state index < -0.39 is 11.9 Å². The van der Waals surface area contributed by atoms with E-state index in [-0.39, 0.29) is 6.54 Å². The van der Waals surface area contributed by atoms with Crippen LogP contribution in [0.3, 0.4) is 0 Å². The van der Waals surface area contributed by atoms with Crippen molar-refractivity contribution < 1.29 is 14.3 Å². The summed E-state index contributed by atoms with van der Waals surface area (Å²) >= 11 is 0. The average molecular weight is 229 g/mol. The Morgan fingerprint density at radius 2 is 2.19 bits per heavy atom. The van der Waals surface area contributed by atoms with Crippen LogP contribution in [0.1, 0.15) is 25.7 Å². The van der Waals surface area contributed by atoms with E-state index in [2.05, 4.69) is 5.32 Å². The second-order valence-electron chi connectivity index (χ2n) is 3.87. The van der Waals surface area contributed by atoms with Crippen LogP contribution in [0.15, 0.2) is 0 Å². The molecule has 4 N–H and O–H groups in total. The lowest BCUT2D eigenvalue weighted by Gasteiger charge is -2.22. The number of nitrogens with two attached hydrogens (primary N) is 1. The summed E-state index contributed by atoms with van der Waals surface area (Å²) in [7, 11) is 0. The van der Waals surface area contributed by atoms with Crippen molar-refractivity contribution in [2.24, 2.45) is 5.73 Å². The predicted octanol–water partition coefficient (Wildman–Crippen LogP) is -0.270. The monoisotopic (exact) mass is 229 g/mol. The van der Waals surface area contributed by atoms with Gasteiger partial charge in [0.1, 0.15) is 0 Å². The molecule has 3 amide bonds. The molecule has 0 radical (unpaired) electrons. The molecule has 16 heavy (non-hydrogen) atoms. The Kier molecular flexibility index (Phi) is 5.81. The lowest BCUT2D eigenvalue weighted by molar-refractivity contribution is -0.119. The Hall–Kier alpha value is -1.14. The molecule has 1 rings (SSSR count). The molecule has 0 bridgehead atoms. The number of hydrogen-bond donors (Lipinski definition) is 3. The zero-order valence-electron chi connectivity index (χ0n) is 9.33. The molecular weight excluding hydrogens is 210 g/mol. The van der Waals surface area contributed by atoms with Gasteiger partial charge in [-0.1, -0.05) is 0 Å². The molecule has 92 valence electrons. The second kappa shape index (κ2) is 7.19. The van der Waals surface area contributed by atoms with Crippen LogP contribution in [0, 0.1) is 0 Å². The standard InChI is InChI=1S/C10H19N3O3/c11-10(15)13-9(14)7-12-5-4-8-3-1-2-6-16-8/h8,12H,1-7H2,(H3,11,13,14,15). The zero-order chi connectivity index (χ0) is 11.8. The molecule has 0 aromatic rings. The van der Waals surface area contributed by atoms with E-state index in [4.69, 9.17) is 10.5 Å². The van der Waals surface area contributed by atoms with Crippen LogP contribution in [-0.2, 0) is 9.53 Å². The normalized spacial score (nSPS) is 20.4. The molecule has 1 fully saturated rings. The Morgan fingerprint density at radius 3 is 2.81 bits per heavy atom. The predicted molar refractivity (Wildman–Crippen MR) is 58.8 cm³/mol. The van der Waals surface area contributed by atoms with Crippen LogP contribution >= 0.6 is 0 Å². The summed E-state index contributed by atoms with van der Waals surface area (Å²) in [4.78, 5) is 21.3. The van der Waals surface area contributed by atoms with E-state index in [9.17, 15) is 9.59 Å². The van der Waals surface area contributed by atoms with E-state index in [0.717, 1.165) is 25.9 Å². The summed E-state index contributed by atoms with van der Waals surface area (Å²) in [5, 5.41) is 4.93. The molecule has 0 aliphatic carbocycles. The molecule has 0 saturated carbocycles. The minimum atomic E-state index is -0.817. The number of nitrogens with one attached hydrogen (secondary N) is 2. The van der Waals surface area contributed by atoms with Crippen LogP contribution in [-0.4, -0.2) is 37.7 Å². The van der Waals surface area contributed by atoms with Crippen LogP contribution in [0.25, 0.3) is 0 Å². The number of hydrogen-bond acceptors (Lipinski definition) is 4. The molecule has 1 atom stereocenters. The summed E-state index contributed by atoms with van der Waals surface area (Å²) in [5.41, 5.74) is 4.80. The van der Waals surface area contributed by atoms with Gasteiger partial charge in [0, 0.05) is 6.61 Å². The molecule has 0 aromatic carbocycles. The van der Waals surface area contributed by atoms with Crippen molar-refractivity contribution in [2.45, 2.75) is 31.8 Å². The Labute approximate surface area is 94.9 Å². The SMILES string of the molecule is NC(=O)NC(=O)CNCCC1CCCCO1. The van der Waals surface area contributed by atoms with E-state index in [1.54, 1.807) is 0 Å². The van der Waals surface area contributed by atoms with Gasteiger partial charge in [0.25, 0.3) is 0 Å². The third kappa shape index (κ3) is 5.67. The second-order valence-corrected chi connectivity index (χ2v) is 3.87. The molecule has 0 aromatic heterocycles. The number of imide groups is 1. The Balaban J connectivity index is 1.98. The fourth-order valence-corrected chi connectivity index (χ4v) is 1.68. The van der Waals surface area contributed by atoms with Crippen molar-refractivity contribution in [3.63, 3.8) is 0 Å². The van der Waals surface area contributed by atoms with Gasteiger partial charge in [0.15, 0.2) is 0 Å². The minimum absolute atomic E-state index is 0.107. The highest BCUT2D eigenvalue weighted by molar-refractivity contribution is 5.94. The largest absolute Gasteiger partial charge is 0.378 e. The lowest BCUT2D eigenvalue weighted by Crippen LogP contribution is -2.41. The number of rotatable bonds is 5. The van der Waals surface area contributed by atoms with Crippen molar-refractivity contribution in [1.29, 1.82) is 0 Å². The highest BCUT2D eigenvalue weighted by Crippen LogP contribution is 2.14. The molecule has 1 heterocycles. The first-order chi connectivity index (χ1) is 7.68. The summed E-state index contributed by atoms with van der Waals surface area (Å²) in [5.74, 6) is -0.405. The number of primary amides is 1. The molecule has 0 spiro atoms. The van der Waals surface area contributed by atoms with Crippen molar-refractivity contribution in [3.05, 3.63) is 0 Å². The Morgan fingerprint density at radius 1 is 1.38 bits per heavy atom. The third-order valence-electron chi connectivity index (χ3n) is 2.47. The fourth-order valence-electron chi connectivity index (χ4n) is 1.68. The summed E-state index contributed by atoms with van der Waals surface area (Å²) in [6.07, 6.45) is 4.65. The fraction of sp³-hybridized carbons (Fsp3) is 0.800. The Bertz CT molecular complexity index is 239. The summed E-state index contributed by atoms with van der Waals surface area (Å²) in [6, 6.07) is -0.817. The zero-order valence-corrected chi connectivity index (χ0v) is 9.33. The number of urea groups is 1. The van der Waals surface area contributed by atoms with E-state index in [0.29, 0.717) is 12.6 Å². The third-order valence-corrected chi connectivity index (χ3v) is 2.47. The van der Waals surface area contributed by atoms with Gasteiger partial charge < -0.3 is 15.8 Å². The first-order valence-electron chi connectivity index (χ1n) is 5.60. The van der Waals surface area contributed by atoms with Gasteiger partial charge in [0.2, 0.25) is 5.91 Å². The molecule has 1 unspecified atom stereocenters. The van der Waals surface area contributed by atoms with Crippen molar-refractivity contribution in [3.8, 4) is 0 Å². The number of ether oxygens (including phenoxy) is 1. The summed E-state index contributed by atoms with van der Waals surface area (Å²) in [6.45, 7) is 1.65. The van der Waals surface area contributed by atoms with Gasteiger partial charge in [0.05, 0.1) is 12.6 Å². The molecular formula is C10H19N3O3. The molecule has 6 heteroatoms. The average Bonchev–Trinajstić information content (AvgIpc) is 2.25. The number of carbonyl (C=O) groups excluding carboxylic acids is 2. The first-order valence-corrected chi connectivity index (χ1v) is 5.60. The van der Waals surface area contributed by atoms with Gasteiger partial charge in [-0.25, -0.2) is 4.79 Å². The molecule has 6 nitrogen and oxygen atoms in total. The molecule has 1 aliphatic rings. The maximum atomic E-state index is 11.0. The maximum absolute atomic E-state index is 11.0. The van der Waals surface area contributed by atoms with E-state index in [1.807, 2.05) is 5.32 Å². The minimum Gasteiger partial charge on any atom is -0.378 e. The highest BCUT2D eigenvalue weighted by atomic mass is 16.5. The van der Waals surface area contributed by atoms with Gasteiger partial charge in [-0.2, -0.15) is 0 Å². The van der Waals surface area contributed by atoms with Crippen molar-refractivity contribution >= 4 is 11.9 Å². The van der Waals surface area contributed by atoms with Crippen LogP contribution in [0.5, 0.6) is 0 Å². The summed E-state index contributed by atoms with van der Waals surface area (Å²) < 4.78 is 5.53. The number of amides is 3. The highest BCUT2D eigenvalue weighted by Gasteiger charge is 2.13. The molecule has 1 aliphatic heterocycles. The van der Waals surface area contributed by atoms with Crippen LogP contribution < -0.4 is 16.4 Å². The van der Waals surface area contributed by atoms with Gasteiger partial charge in [-0.05, 0) is 32.2 Å². The van der Waals surface area contributed by atoms with E-state index in [1.165, 1.54) is 6.42 Å². The molecule has 1 saturated heterocycles. The van der Waals surface area contributed by atoms with Gasteiger partial charge in [-0.3, -0.25) is 10.1 Å². The maximum Gasteiger partial charge on any atom is 0.318 e. The quantitative estimate of drug-likeness (QED) is 0.566. The van der Waals surface area contributed by atoms with Gasteiger partial charge in [-0.15, -0.1) is 0 Å². The van der Waals surface area contributed by atoms with E-state index >= 15 is 0 Å². The first kappa shape index (κ1) is 12.9. The van der Waals surface area contributed by atoms with Gasteiger partial charge >= 0.3 is 6.03 Å².